The number of nitriles is 1. The van der Waals surface area contributed by atoms with Crippen LogP contribution in [0.5, 0.6) is 0 Å². The Bertz CT molecular complexity index is 1670. The number of halogens is 1. The highest BCUT2D eigenvalue weighted by Gasteiger charge is 1.85. The zero-order valence-corrected chi connectivity index (χ0v) is 32.4. The van der Waals surface area contributed by atoms with Crippen molar-refractivity contribution in [3.8, 4) is 6.07 Å². The van der Waals surface area contributed by atoms with E-state index in [1.54, 1.807) is 36.9 Å². The maximum atomic E-state index is 12.1. The fourth-order valence-corrected chi connectivity index (χ4v) is 3.66. The minimum atomic E-state index is -0.171. The van der Waals surface area contributed by atoms with Crippen LogP contribution in [0.1, 0.15) is 50.2 Å². The van der Waals surface area contributed by atoms with E-state index in [0.717, 1.165) is 16.8 Å². The van der Waals surface area contributed by atoms with Gasteiger partial charge in [-0.3, -0.25) is 15.0 Å². The summed E-state index contributed by atoms with van der Waals surface area (Å²) in [5, 5.41) is 8.38. The summed E-state index contributed by atoms with van der Waals surface area (Å²) in [6.07, 6.45) is 8.97. The van der Waals surface area contributed by atoms with Crippen LogP contribution < -0.4 is 0 Å². The number of hydrogen-bond donors (Lipinski definition) is 0. The molecule has 0 fully saturated rings. The third-order valence-corrected chi connectivity index (χ3v) is 6.82. The Morgan fingerprint density at radius 3 is 1.11 bits per heavy atom. The van der Waals surface area contributed by atoms with Crippen LogP contribution in [0, 0.1) is 72.5 Å². The van der Waals surface area contributed by atoms with Gasteiger partial charge in [0.05, 0.1) is 11.6 Å². The highest BCUT2D eigenvalue weighted by molar-refractivity contribution is 5.30. The number of pyridine rings is 3. The highest BCUT2D eigenvalue weighted by atomic mass is 19.1. The Labute approximate surface area is 317 Å². The monoisotopic (exact) mass is 704 g/mol. The molecule has 0 bridgehead atoms. The van der Waals surface area contributed by atoms with Crippen molar-refractivity contribution in [2.24, 2.45) is 0 Å². The second-order valence-electron chi connectivity index (χ2n) is 12.1. The molecule has 0 unspecified atom stereocenters. The molecule has 7 rings (SSSR count). The van der Waals surface area contributed by atoms with Crippen LogP contribution in [-0.4, -0.2) is 15.0 Å². The van der Waals surface area contributed by atoms with Crippen molar-refractivity contribution in [3.05, 3.63) is 233 Å². The van der Waals surface area contributed by atoms with Crippen LogP contribution in [0.4, 0.5) is 4.39 Å². The van der Waals surface area contributed by atoms with Crippen molar-refractivity contribution in [2.45, 2.75) is 55.4 Å². The molecule has 4 aromatic carbocycles. The van der Waals surface area contributed by atoms with Gasteiger partial charge in [-0.05, 0) is 121 Å². The van der Waals surface area contributed by atoms with Gasteiger partial charge in [-0.25, -0.2) is 4.39 Å². The summed E-state index contributed by atoms with van der Waals surface area (Å²) in [5.74, 6) is -0.171. The molecule has 0 aliphatic heterocycles. The van der Waals surface area contributed by atoms with Crippen molar-refractivity contribution >= 4 is 0 Å². The molecule has 0 atom stereocenters. The summed E-state index contributed by atoms with van der Waals surface area (Å²) >= 11 is 0. The molecule has 272 valence electrons. The van der Waals surface area contributed by atoms with Gasteiger partial charge in [-0.15, -0.1) is 0 Å². The third kappa shape index (κ3) is 26.3. The van der Waals surface area contributed by atoms with Crippen molar-refractivity contribution in [3.63, 3.8) is 0 Å². The van der Waals surface area contributed by atoms with Crippen LogP contribution in [-0.2, 0) is 0 Å². The first-order chi connectivity index (χ1) is 25.5. The first kappa shape index (κ1) is 44.8. The third-order valence-electron chi connectivity index (χ3n) is 6.82. The van der Waals surface area contributed by atoms with Gasteiger partial charge in [-0.2, -0.15) is 5.26 Å². The second-order valence-corrected chi connectivity index (χ2v) is 12.1. The average Bonchev–Trinajstić information content (AvgIpc) is 3.17. The zero-order chi connectivity index (χ0) is 39.1. The van der Waals surface area contributed by atoms with Gasteiger partial charge in [0.15, 0.2) is 0 Å². The Morgan fingerprint density at radius 2 is 0.830 bits per heavy atom. The van der Waals surface area contributed by atoms with E-state index in [0.29, 0.717) is 0 Å². The highest BCUT2D eigenvalue weighted by Crippen LogP contribution is 2.01. The van der Waals surface area contributed by atoms with Gasteiger partial charge < -0.3 is 0 Å². The summed E-state index contributed by atoms with van der Waals surface area (Å²) in [5.41, 5.74) is 10.5. The first-order valence-electron chi connectivity index (χ1n) is 17.3. The molecule has 53 heavy (non-hydrogen) atoms. The van der Waals surface area contributed by atoms with E-state index >= 15 is 0 Å². The summed E-state index contributed by atoms with van der Waals surface area (Å²) in [6.45, 7) is 16.2. The quantitative estimate of drug-likeness (QED) is 0.158. The predicted molar refractivity (Wildman–Crippen MR) is 221 cm³/mol. The van der Waals surface area contributed by atoms with E-state index in [9.17, 15) is 4.39 Å². The normalized spacial score (nSPS) is 8.83. The largest absolute Gasteiger partial charge is 0.265 e. The topological polar surface area (TPSA) is 62.5 Å². The molecular formula is C48H53FN4. The molecule has 7 aromatic rings. The van der Waals surface area contributed by atoms with E-state index in [4.69, 9.17) is 5.26 Å². The van der Waals surface area contributed by atoms with Gasteiger partial charge in [0.1, 0.15) is 5.82 Å². The number of nitrogens with zero attached hydrogens (tertiary/aromatic N) is 4. The first-order valence-corrected chi connectivity index (χ1v) is 17.3. The van der Waals surface area contributed by atoms with Gasteiger partial charge in [0, 0.05) is 36.7 Å². The Morgan fingerprint density at radius 1 is 0.396 bits per heavy atom. The van der Waals surface area contributed by atoms with Crippen molar-refractivity contribution in [1.82, 2.24) is 15.0 Å². The fraction of sp³-hybridized carbons (Fsp3) is 0.167. The standard InChI is InChI=1S/C8H7N.C8H10.C7H7F.C7H8.3C6H7N/c1-7-2-4-8(6-9)5-3-7;1-7-3-5-8(2)6-4-7;1-6-2-4-7(8)5-3-6;1-7-5-3-2-4-6-7;1-6-2-4-7-5-3-6;1-6-3-2-4-7-5-6;1-6-4-2-3-5-7-6/h2-5H,1H3;3-6H,1-2H3;2-5H,1H3;2-6H,1H3;3*2-5H,1H3. The average molecular weight is 705 g/mol. The predicted octanol–water partition coefficient (Wildman–Crippen LogP) is 12.5. The van der Waals surface area contributed by atoms with E-state index < -0.39 is 0 Å². The summed E-state index contributed by atoms with van der Waals surface area (Å²) in [4.78, 5) is 11.7. The van der Waals surface area contributed by atoms with E-state index in [-0.39, 0.29) is 5.82 Å². The second kappa shape index (κ2) is 28.4. The lowest BCUT2D eigenvalue weighted by Gasteiger charge is -1.90. The van der Waals surface area contributed by atoms with Crippen LogP contribution >= 0.6 is 0 Å². The molecule has 0 saturated heterocycles. The SMILES string of the molecule is Cc1ccc(C#N)cc1.Cc1ccc(C)cc1.Cc1ccc(F)cc1.Cc1ccccc1.Cc1ccccn1.Cc1cccnc1.Cc1ccncc1. The molecule has 0 N–H and O–H groups in total. The Balaban J connectivity index is 0.000000310. The van der Waals surface area contributed by atoms with E-state index in [1.165, 1.54) is 45.5 Å². The molecule has 0 aliphatic rings. The maximum absolute atomic E-state index is 12.1. The number of rotatable bonds is 0. The van der Waals surface area contributed by atoms with Crippen LogP contribution in [0.15, 0.2) is 177 Å². The maximum Gasteiger partial charge on any atom is 0.123 e. The van der Waals surface area contributed by atoms with Gasteiger partial charge in [0.2, 0.25) is 0 Å². The molecule has 0 saturated carbocycles. The van der Waals surface area contributed by atoms with Crippen LogP contribution in [0.25, 0.3) is 0 Å². The van der Waals surface area contributed by atoms with Crippen molar-refractivity contribution in [1.29, 1.82) is 5.26 Å². The lowest BCUT2D eigenvalue weighted by Crippen LogP contribution is -1.72. The number of hydrogen-bond acceptors (Lipinski definition) is 4. The van der Waals surface area contributed by atoms with Crippen LogP contribution in [0.2, 0.25) is 0 Å². The van der Waals surface area contributed by atoms with Crippen molar-refractivity contribution in [2.75, 3.05) is 0 Å². The smallest absolute Gasteiger partial charge is 0.123 e. The molecule has 4 nitrogen and oxygen atoms in total. The summed E-state index contributed by atoms with van der Waals surface area (Å²) < 4.78 is 12.1. The van der Waals surface area contributed by atoms with Gasteiger partial charge in [0.25, 0.3) is 0 Å². The lowest BCUT2D eigenvalue weighted by atomic mass is 10.2. The van der Waals surface area contributed by atoms with E-state index in [1.807, 2.05) is 126 Å². The molecule has 0 radical (unpaired) electrons. The molecule has 0 amide bonds. The summed E-state index contributed by atoms with van der Waals surface area (Å²) in [6, 6.07) is 48.4. The molecule has 5 heteroatoms. The molecule has 3 heterocycles. The number of benzene rings is 4. The number of aromatic nitrogens is 3. The van der Waals surface area contributed by atoms with Crippen LogP contribution in [0.3, 0.4) is 0 Å². The minimum absolute atomic E-state index is 0.171. The molecule has 3 aromatic heterocycles. The lowest BCUT2D eigenvalue weighted by molar-refractivity contribution is 0.627. The molecule has 0 aliphatic carbocycles. The minimum Gasteiger partial charge on any atom is -0.265 e. The Kier molecular flexibility index (Phi) is 24.0. The molecular weight excluding hydrogens is 652 g/mol. The molecule has 0 spiro atoms. The van der Waals surface area contributed by atoms with Gasteiger partial charge >= 0.3 is 0 Å². The zero-order valence-electron chi connectivity index (χ0n) is 32.4. The van der Waals surface area contributed by atoms with Crippen molar-refractivity contribution < 1.29 is 4.39 Å². The number of aryl methyl sites for hydroxylation is 8. The summed E-state index contributed by atoms with van der Waals surface area (Å²) in [7, 11) is 0. The van der Waals surface area contributed by atoms with E-state index in [2.05, 4.69) is 78.2 Å². The fourth-order valence-electron chi connectivity index (χ4n) is 3.66. The Hall–Kier alpha value is -6.25. The van der Waals surface area contributed by atoms with Gasteiger partial charge in [-0.1, -0.05) is 119 Å².